The van der Waals surface area contributed by atoms with E-state index in [1.54, 1.807) is 0 Å². The molecule has 1 aliphatic heterocycles. The van der Waals surface area contributed by atoms with Crippen LogP contribution in [0.2, 0.25) is 0 Å². The van der Waals surface area contributed by atoms with Crippen molar-refractivity contribution in [1.82, 2.24) is 4.90 Å². The van der Waals surface area contributed by atoms with Gasteiger partial charge in [-0.1, -0.05) is 91.0 Å². The van der Waals surface area contributed by atoms with Gasteiger partial charge in [-0.3, -0.25) is 9.69 Å². The standard InChI is InChI=1S/C27H26N2O/c28-21-27(29-18-10-11-19-29,24-16-8-3-9-17-24)25(22-12-4-1-5-13-22)20-26(30)23-14-6-2-7-15-23/h1-9,12-17,25H,10-11,18-20H2. The van der Waals surface area contributed by atoms with Gasteiger partial charge in [0.25, 0.3) is 0 Å². The van der Waals surface area contributed by atoms with Crippen LogP contribution < -0.4 is 0 Å². The van der Waals surface area contributed by atoms with E-state index in [4.69, 9.17) is 0 Å². The topological polar surface area (TPSA) is 44.1 Å². The Kier molecular flexibility index (Phi) is 6.07. The van der Waals surface area contributed by atoms with Gasteiger partial charge < -0.3 is 0 Å². The number of nitriles is 1. The summed E-state index contributed by atoms with van der Waals surface area (Å²) in [4.78, 5) is 15.6. The largest absolute Gasteiger partial charge is 0.294 e. The van der Waals surface area contributed by atoms with E-state index in [0.29, 0.717) is 5.56 Å². The van der Waals surface area contributed by atoms with Crippen molar-refractivity contribution in [2.75, 3.05) is 13.1 Å². The monoisotopic (exact) mass is 394 g/mol. The van der Waals surface area contributed by atoms with Crippen molar-refractivity contribution in [3.05, 3.63) is 108 Å². The summed E-state index contributed by atoms with van der Waals surface area (Å²) in [7, 11) is 0. The smallest absolute Gasteiger partial charge is 0.163 e. The Bertz CT molecular complexity index is 1000. The van der Waals surface area contributed by atoms with Gasteiger partial charge in [0.1, 0.15) is 5.54 Å². The average Bonchev–Trinajstić information content (AvgIpc) is 3.36. The molecule has 3 heteroatoms. The lowest BCUT2D eigenvalue weighted by Gasteiger charge is -2.43. The highest BCUT2D eigenvalue weighted by Crippen LogP contribution is 2.45. The first kappa shape index (κ1) is 20.1. The van der Waals surface area contributed by atoms with Crippen LogP contribution in [0.4, 0.5) is 0 Å². The Hall–Kier alpha value is -3.22. The molecule has 3 nitrogen and oxygen atoms in total. The molecule has 1 heterocycles. The number of rotatable bonds is 7. The van der Waals surface area contributed by atoms with Gasteiger partial charge in [0.2, 0.25) is 0 Å². The molecule has 1 aliphatic rings. The predicted octanol–water partition coefficient (Wildman–Crippen LogP) is 5.56. The Balaban J connectivity index is 1.85. The number of Topliss-reactive ketones (excluding diaryl/α,β-unsaturated/α-hetero) is 1. The highest BCUT2D eigenvalue weighted by atomic mass is 16.1. The number of hydrogen-bond acceptors (Lipinski definition) is 3. The number of nitrogens with zero attached hydrogens (tertiary/aromatic N) is 2. The first-order chi connectivity index (χ1) is 14.8. The van der Waals surface area contributed by atoms with Crippen LogP contribution in [0.5, 0.6) is 0 Å². The minimum absolute atomic E-state index is 0.0687. The summed E-state index contributed by atoms with van der Waals surface area (Å²) in [5, 5.41) is 10.7. The molecule has 2 unspecified atom stereocenters. The number of likely N-dealkylation sites (tertiary alicyclic amines) is 1. The van der Waals surface area contributed by atoms with Crippen molar-refractivity contribution in [2.45, 2.75) is 30.7 Å². The number of ketones is 1. The van der Waals surface area contributed by atoms with Crippen LogP contribution >= 0.6 is 0 Å². The van der Waals surface area contributed by atoms with E-state index in [1.807, 2.05) is 91.0 Å². The Labute approximate surface area is 178 Å². The molecule has 150 valence electrons. The van der Waals surface area contributed by atoms with Crippen molar-refractivity contribution in [3.63, 3.8) is 0 Å². The second-order valence-corrected chi connectivity index (χ2v) is 7.89. The second kappa shape index (κ2) is 9.07. The van der Waals surface area contributed by atoms with E-state index >= 15 is 0 Å². The quantitative estimate of drug-likeness (QED) is 0.493. The van der Waals surface area contributed by atoms with Crippen LogP contribution in [-0.4, -0.2) is 23.8 Å². The highest BCUT2D eigenvalue weighted by Gasteiger charge is 2.48. The third kappa shape index (κ3) is 3.79. The number of hydrogen-bond donors (Lipinski definition) is 0. The Morgan fingerprint density at radius 2 is 1.40 bits per heavy atom. The molecule has 4 rings (SSSR count). The first-order valence-electron chi connectivity index (χ1n) is 10.6. The molecule has 0 aromatic heterocycles. The summed E-state index contributed by atoms with van der Waals surface area (Å²) in [5.74, 6) is -0.198. The lowest BCUT2D eigenvalue weighted by Crippen LogP contribution is -2.48. The summed E-state index contributed by atoms with van der Waals surface area (Å²) in [5.41, 5.74) is 1.80. The van der Waals surface area contributed by atoms with E-state index in [0.717, 1.165) is 37.1 Å². The van der Waals surface area contributed by atoms with Gasteiger partial charge in [-0.05, 0) is 24.0 Å². The van der Waals surface area contributed by atoms with Gasteiger partial charge >= 0.3 is 0 Å². The molecule has 0 N–H and O–H groups in total. The van der Waals surface area contributed by atoms with Crippen molar-refractivity contribution in [3.8, 4) is 6.07 Å². The summed E-state index contributed by atoms with van der Waals surface area (Å²) in [6, 6.07) is 32.2. The van der Waals surface area contributed by atoms with E-state index < -0.39 is 5.54 Å². The van der Waals surface area contributed by atoms with Gasteiger partial charge in [-0.15, -0.1) is 0 Å². The zero-order chi connectivity index (χ0) is 20.8. The molecule has 0 spiro atoms. The van der Waals surface area contributed by atoms with Gasteiger partial charge in [0, 0.05) is 31.0 Å². The van der Waals surface area contributed by atoms with Crippen LogP contribution in [0.1, 0.15) is 46.7 Å². The van der Waals surface area contributed by atoms with Crippen molar-refractivity contribution >= 4 is 5.78 Å². The average molecular weight is 395 g/mol. The highest BCUT2D eigenvalue weighted by molar-refractivity contribution is 5.96. The van der Waals surface area contributed by atoms with Crippen molar-refractivity contribution < 1.29 is 4.79 Å². The maximum atomic E-state index is 13.3. The van der Waals surface area contributed by atoms with E-state index in [9.17, 15) is 10.1 Å². The van der Waals surface area contributed by atoms with Gasteiger partial charge in [-0.25, -0.2) is 0 Å². The summed E-state index contributed by atoms with van der Waals surface area (Å²) in [6.07, 6.45) is 2.43. The molecule has 1 saturated heterocycles. The van der Waals surface area contributed by atoms with E-state index in [1.165, 1.54) is 0 Å². The van der Waals surface area contributed by atoms with Gasteiger partial charge in [0.15, 0.2) is 5.78 Å². The van der Waals surface area contributed by atoms with Crippen LogP contribution in [0.3, 0.4) is 0 Å². The van der Waals surface area contributed by atoms with Crippen molar-refractivity contribution in [1.29, 1.82) is 5.26 Å². The molecular weight excluding hydrogens is 368 g/mol. The minimum Gasteiger partial charge on any atom is -0.294 e. The predicted molar refractivity (Wildman–Crippen MR) is 119 cm³/mol. The molecule has 3 aromatic carbocycles. The molecule has 0 aliphatic carbocycles. The number of carbonyl (C=O) groups excluding carboxylic acids is 1. The fraction of sp³-hybridized carbons (Fsp3) is 0.259. The zero-order valence-corrected chi connectivity index (χ0v) is 17.1. The number of carbonyl (C=O) groups is 1. The molecule has 2 atom stereocenters. The van der Waals surface area contributed by atoms with E-state index in [2.05, 4.69) is 11.0 Å². The molecule has 0 bridgehead atoms. The van der Waals surface area contributed by atoms with E-state index in [-0.39, 0.29) is 18.1 Å². The van der Waals surface area contributed by atoms with Crippen LogP contribution in [0.25, 0.3) is 0 Å². The zero-order valence-electron chi connectivity index (χ0n) is 17.1. The minimum atomic E-state index is -0.885. The third-order valence-corrected chi connectivity index (χ3v) is 6.18. The van der Waals surface area contributed by atoms with Crippen LogP contribution in [-0.2, 0) is 5.54 Å². The summed E-state index contributed by atoms with van der Waals surface area (Å²) < 4.78 is 0. The maximum Gasteiger partial charge on any atom is 0.163 e. The number of benzene rings is 3. The van der Waals surface area contributed by atoms with Crippen LogP contribution in [0, 0.1) is 11.3 Å². The normalized spacial score (nSPS) is 17.0. The fourth-order valence-electron chi connectivity index (χ4n) is 4.70. The summed E-state index contributed by atoms with van der Waals surface area (Å²) in [6.45, 7) is 1.73. The molecule has 0 amide bonds. The molecule has 3 aromatic rings. The van der Waals surface area contributed by atoms with Gasteiger partial charge in [0.05, 0.1) is 6.07 Å². The lowest BCUT2D eigenvalue weighted by molar-refractivity contribution is 0.0896. The fourth-order valence-corrected chi connectivity index (χ4v) is 4.70. The Morgan fingerprint density at radius 1 is 0.867 bits per heavy atom. The SMILES string of the molecule is N#CC(c1ccccc1)(C(CC(=O)c1ccccc1)c1ccccc1)N1CCCC1. The lowest BCUT2D eigenvalue weighted by atomic mass is 9.71. The van der Waals surface area contributed by atoms with Gasteiger partial charge in [-0.2, -0.15) is 5.26 Å². The van der Waals surface area contributed by atoms with Crippen molar-refractivity contribution in [2.24, 2.45) is 0 Å². The second-order valence-electron chi connectivity index (χ2n) is 7.89. The maximum absolute atomic E-state index is 13.3. The molecular formula is C27H26N2O. The first-order valence-corrected chi connectivity index (χ1v) is 10.6. The molecule has 1 fully saturated rings. The molecule has 0 saturated carbocycles. The molecule has 0 radical (unpaired) electrons. The Morgan fingerprint density at radius 3 is 1.97 bits per heavy atom. The molecule has 30 heavy (non-hydrogen) atoms. The summed E-state index contributed by atoms with van der Waals surface area (Å²) >= 11 is 0. The third-order valence-electron chi connectivity index (χ3n) is 6.18. The van der Waals surface area contributed by atoms with Crippen LogP contribution in [0.15, 0.2) is 91.0 Å².